The summed E-state index contributed by atoms with van der Waals surface area (Å²) in [5, 5.41) is 7.61. The molecule has 5 heteroatoms. The van der Waals surface area contributed by atoms with Crippen molar-refractivity contribution in [3.8, 4) is 11.5 Å². The molecule has 0 aliphatic carbocycles. The van der Waals surface area contributed by atoms with E-state index in [0.717, 1.165) is 18.7 Å². The minimum absolute atomic E-state index is 0.348. The maximum absolute atomic E-state index is 6.28. The highest BCUT2D eigenvalue weighted by molar-refractivity contribution is 6.33. The second kappa shape index (κ2) is 7.04. The van der Waals surface area contributed by atoms with Crippen LogP contribution in [0.1, 0.15) is 26.2 Å². The molecule has 1 aliphatic rings. The molecule has 1 aromatic carbocycles. The monoisotopic (exact) mass is 298 g/mol. The number of anilines is 1. The Morgan fingerprint density at radius 1 is 1.35 bits per heavy atom. The minimum Gasteiger partial charge on any atom is -0.493 e. The molecular formula is C15H23ClN2O2. The molecule has 2 N–H and O–H groups in total. The van der Waals surface area contributed by atoms with Gasteiger partial charge in [0.05, 0.1) is 24.9 Å². The van der Waals surface area contributed by atoms with E-state index in [1.807, 2.05) is 6.07 Å². The molecule has 1 aliphatic heterocycles. The predicted molar refractivity (Wildman–Crippen MR) is 83.3 cm³/mol. The van der Waals surface area contributed by atoms with Crippen LogP contribution in [0.4, 0.5) is 5.69 Å². The molecule has 0 radical (unpaired) electrons. The summed E-state index contributed by atoms with van der Waals surface area (Å²) in [7, 11) is 3.23. The fraction of sp³-hybridized carbons (Fsp3) is 0.600. The van der Waals surface area contributed by atoms with Crippen molar-refractivity contribution in [3.63, 3.8) is 0 Å². The Bertz CT molecular complexity index is 448. The lowest BCUT2D eigenvalue weighted by molar-refractivity contribution is 0.355. The van der Waals surface area contributed by atoms with Crippen LogP contribution in [0.2, 0.25) is 5.02 Å². The van der Waals surface area contributed by atoms with E-state index in [9.17, 15) is 0 Å². The molecule has 112 valence electrons. The number of methoxy groups -OCH3 is 2. The van der Waals surface area contributed by atoms with Crippen LogP contribution in [0.25, 0.3) is 0 Å². The zero-order chi connectivity index (χ0) is 14.5. The lowest BCUT2D eigenvalue weighted by atomic mass is 10.1. The SMILES string of the molecule is COc1cc(Cl)c(NC(C)CC2CCCN2)cc1OC. The quantitative estimate of drug-likeness (QED) is 0.845. The number of ether oxygens (including phenoxy) is 2. The van der Waals surface area contributed by atoms with Crippen LogP contribution in [-0.4, -0.2) is 32.8 Å². The summed E-state index contributed by atoms with van der Waals surface area (Å²) < 4.78 is 10.5. The van der Waals surface area contributed by atoms with Crippen LogP contribution >= 0.6 is 11.6 Å². The van der Waals surface area contributed by atoms with Gasteiger partial charge in [0.25, 0.3) is 0 Å². The Labute approximate surface area is 125 Å². The Morgan fingerprint density at radius 3 is 2.65 bits per heavy atom. The first-order valence-corrected chi connectivity index (χ1v) is 7.43. The Hall–Kier alpha value is -1.13. The fourth-order valence-electron chi connectivity index (χ4n) is 2.67. The highest BCUT2D eigenvalue weighted by Gasteiger charge is 2.18. The van der Waals surface area contributed by atoms with Crippen LogP contribution in [0.5, 0.6) is 11.5 Å². The number of nitrogens with one attached hydrogen (secondary N) is 2. The van der Waals surface area contributed by atoms with Gasteiger partial charge in [-0.05, 0) is 32.7 Å². The Balaban J connectivity index is 2.03. The summed E-state index contributed by atoms with van der Waals surface area (Å²) in [5.41, 5.74) is 0.884. The third-order valence-electron chi connectivity index (χ3n) is 3.68. The molecule has 4 nitrogen and oxygen atoms in total. The van der Waals surface area contributed by atoms with Gasteiger partial charge < -0.3 is 20.1 Å². The van der Waals surface area contributed by atoms with Crippen molar-refractivity contribution in [3.05, 3.63) is 17.2 Å². The van der Waals surface area contributed by atoms with Crippen molar-refractivity contribution in [1.29, 1.82) is 0 Å². The van der Waals surface area contributed by atoms with Gasteiger partial charge in [-0.15, -0.1) is 0 Å². The standard InChI is InChI=1S/C15H23ClN2O2/c1-10(7-11-5-4-6-17-11)18-13-9-15(20-3)14(19-2)8-12(13)16/h8-11,17-18H,4-7H2,1-3H3. The summed E-state index contributed by atoms with van der Waals surface area (Å²) in [5.74, 6) is 1.33. The smallest absolute Gasteiger partial charge is 0.162 e. The van der Waals surface area contributed by atoms with Crippen molar-refractivity contribution in [2.24, 2.45) is 0 Å². The second-order valence-corrected chi connectivity index (χ2v) is 5.67. The number of hydrogen-bond acceptors (Lipinski definition) is 4. The highest BCUT2D eigenvalue weighted by atomic mass is 35.5. The third kappa shape index (κ3) is 3.70. The first kappa shape index (κ1) is 15.3. The highest BCUT2D eigenvalue weighted by Crippen LogP contribution is 2.36. The predicted octanol–water partition coefficient (Wildman–Crippen LogP) is 3.30. The van der Waals surface area contributed by atoms with E-state index < -0.39 is 0 Å². The molecule has 1 saturated heterocycles. The lowest BCUT2D eigenvalue weighted by Crippen LogP contribution is -2.29. The van der Waals surface area contributed by atoms with Crippen molar-refractivity contribution < 1.29 is 9.47 Å². The molecule has 2 unspecified atom stereocenters. The maximum Gasteiger partial charge on any atom is 0.162 e. The molecular weight excluding hydrogens is 276 g/mol. The first-order valence-electron chi connectivity index (χ1n) is 7.05. The van der Waals surface area contributed by atoms with Crippen LogP contribution in [0.15, 0.2) is 12.1 Å². The Kier molecular flexibility index (Phi) is 5.38. The van der Waals surface area contributed by atoms with Crippen molar-refractivity contribution in [2.75, 3.05) is 26.1 Å². The zero-order valence-corrected chi connectivity index (χ0v) is 13.1. The van der Waals surface area contributed by atoms with Gasteiger partial charge in [-0.3, -0.25) is 0 Å². The molecule has 2 atom stereocenters. The summed E-state index contributed by atoms with van der Waals surface area (Å²) >= 11 is 6.28. The Morgan fingerprint density at radius 2 is 2.05 bits per heavy atom. The average Bonchev–Trinajstić information content (AvgIpc) is 2.93. The van der Waals surface area contributed by atoms with Crippen molar-refractivity contribution >= 4 is 17.3 Å². The molecule has 1 fully saturated rings. The normalized spacial score (nSPS) is 19.7. The molecule has 2 rings (SSSR count). The molecule has 0 aromatic heterocycles. The van der Waals surface area contributed by atoms with Gasteiger partial charge in [0.2, 0.25) is 0 Å². The van der Waals surface area contributed by atoms with Gasteiger partial charge in [-0.1, -0.05) is 11.6 Å². The van der Waals surface area contributed by atoms with E-state index >= 15 is 0 Å². The fourth-order valence-corrected chi connectivity index (χ4v) is 2.88. The van der Waals surface area contributed by atoms with Crippen LogP contribution in [0.3, 0.4) is 0 Å². The topological polar surface area (TPSA) is 42.5 Å². The third-order valence-corrected chi connectivity index (χ3v) is 3.99. The van der Waals surface area contributed by atoms with Crippen LogP contribution in [-0.2, 0) is 0 Å². The molecule has 0 amide bonds. The van der Waals surface area contributed by atoms with E-state index in [2.05, 4.69) is 17.6 Å². The summed E-state index contributed by atoms with van der Waals surface area (Å²) in [6, 6.07) is 4.63. The molecule has 0 saturated carbocycles. The number of benzene rings is 1. The van der Waals surface area contributed by atoms with Gasteiger partial charge in [0.15, 0.2) is 11.5 Å². The van der Waals surface area contributed by atoms with E-state index in [0.29, 0.717) is 28.6 Å². The van der Waals surface area contributed by atoms with Crippen molar-refractivity contribution in [1.82, 2.24) is 5.32 Å². The molecule has 1 aromatic rings. The van der Waals surface area contributed by atoms with Gasteiger partial charge in [0, 0.05) is 24.2 Å². The average molecular weight is 299 g/mol. The number of rotatable bonds is 6. The van der Waals surface area contributed by atoms with Crippen molar-refractivity contribution in [2.45, 2.75) is 38.3 Å². The molecule has 1 heterocycles. The molecule has 0 bridgehead atoms. The van der Waals surface area contributed by atoms with Crippen LogP contribution < -0.4 is 20.1 Å². The summed E-state index contributed by atoms with van der Waals surface area (Å²) in [6.07, 6.45) is 3.62. The lowest BCUT2D eigenvalue weighted by Gasteiger charge is -2.21. The van der Waals surface area contributed by atoms with Gasteiger partial charge in [-0.25, -0.2) is 0 Å². The minimum atomic E-state index is 0.348. The van der Waals surface area contributed by atoms with Crippen LogP contribution in [0, 0.1) is 0 Å². The largest absolute Gasteiger partial charge is 0.493 e. The zero-order valence-electron chi connectivity index (χ0n) is 12.3. The van der Waals surface area contributed by atoms with E-state index in [4.69, 9.17) is 21.1 Å². The van der Waals surface area contributed by atoms with E-state index in [1.165, 1.54) is 12.8 Å². The van der Waals surface area contributed by atoms with Gasteiger partial charge in [0.1, 0.15) is 0 Å². The van der Waals surface area contributed by atoms with Gasteiger partial charge >= 0.3 is 0 Å². The number of halogens is 1. The first-order chi connectivity index (χ1) is 9.63. The van der Waals surface area contributed by atoms with Gasteiger partial charge in [-0.2, -0.15) is 0 Å². The molecule has 0 spiro atoms. The van der Waals surface area contributed by atoms with E-state index in [-0.39, 0.29) is 0 Å². The number of hydrogen-bond donors (Lipinski definition) is 2. The summed E-state index contributed by atoms with van der Waals surface area (Å²) in [4.78, 5) is 0. The van der Waals surface area contributed by atoms with E-state index in [1.54, 1.807) is 20.3 Å². The maximum atomic E-state index is 6.28. The second-order valence-electron chi connectivity index (χ2n) is 5.26. The molecule has 20 heavy (non-hydrogen) atoms. The summed E-state index contributed by atoms with van der Waals surface area (Å²) in [6.45, 7) is 3.31.